The van der Waals surface area contributed by atoms with Crippen LogP contribution in [0, 0.1) is 0 Å². The molecule has 2 aromatic rings. The second-order valence-corrected chi connectivity index (χ2v) is 4.83. The predicted octanol–water partition coefficient (Wildman–Crippen LogP) is 0.985. The van der Waals surface area contributed by atoms with Gasteiger partial charge in [0.05, 0.1) is 12.1 Å². The first-order valence-electron chi connectivity index (χ1n) is 5.16. The number of hydrogen-bond acceptors (Lipinski definition) is 5. The molecule has 0 spiro atoms. The van der Waals surface area contributed by atoms with Crippen LogP contribution in [-0.2, 0) is 0 Å². The van der Waals surface area contributed by atoms with E-state index in [4.69, 9.17) is 11.6 Å². The molecule has 0 bridgehead atoms. The van der Waals surface area contributed by atoms with Crippen LogP contribution in [0.15, 0.2) is 12.4 Å². The number of aliphatic hydroxyl groups excluding tert-OH is 1. The third kappa shape index (κ3) is 2.05. The molecule has 2 heterocycles. The predicted molar refractivity (Wildman–Crippen MR) is 65.4 cm³/mol. The minimum absolute atomic E-state index is 0.0135. The van der Waals surface area contributed by atoms with Gasteiger partial charge in [0.15, 0.2) is 0 Å². The highest BCUT2D eigenvalue weighted by Crippen LogP contribution is 2.24. The zero-order chi connectivity index (χ0) is 12.6. The Balaban J connectivity index is 2.58. The molecule has 1 N–H and O–H groups in total. The van der Waals surface area contributed by atoms with E-state index in [1.807, 2.05) is 25.8 Å². The summed E-state index contributed by atoms with van der Waals surface area (Å²) in [6.07, 6.45) is 1.42. The summed E-state index contributed by atoms with van der Waals surface area (Å²) in [5, 5.41) is 13.8. The summed E-state index contributed by atoms with van der Waals surface area (Å²) in [5.41, 5.74) is -0.427. The molecule has 0 amide bonds. The molecule has 0 fully saturated rings. The SMILES string of the molecule is CN(c1cc(Cl)nc2ncnn12)C(C)(C)CO. The summed E-state index contributed by atoms with van der Waals surface area (Å²) in [5.74, 6) is 1.17. The first-order valence-corrected chi connectivity index (χ1v) is 5.54. The minimum atomic E-state index is -0.427. The van der Waals surface area contributed by atoms with Crippen molar-refractivity contribution in [3.8, 4) is 0 Å². The van der Waals surface area contributed by atoms with Gasteiger partial charge in [0.2, 0.25) is 0 Å². The largest absolute Gasteiger partial charge is 0.394 e. The van der Waals surface area contributed by atoms with Crippen molar-refractivity contribution in [2.75, 3.05) is 18.6 Å². The lowest BCUT2D eigenvalue weighted by atomic mass is 10.1. The Morgan fingerprint density at radius 1 is 1.53 bits per heavy atom. The molecular formula is C10H14ClN5O. The monoisotopic (exact) mass is 255 g/mol. The number of aromatic nitrogens is 4. The lowest BCUT2D eigenvalue weighted by Crippen LogP contribution is -2.45. The van der Waals surface area contributed by atoms with E-state index < -0.39 is 5.54 Å². The van der Waals surface area contributed by atoms with Crippen LogP contribution in [0.5, 0.6) is 0 Å². The lowest BCUT2D eigenvalue weighted by Gasteiger charge is -2.35. The quantitative estimate of drug-likeness (QED) is 0.829. The number of nitrogens with zero attached hydrogens (tertiary/aromatic N) is 5. The highest BCUT2D eigenvalue weighted by Gasteiger charge is 2.25. The van der Waals surface area contributed by atoms with Crippen LogP contribution in [0.2, 0.25) is 5.15 Å². The Morgan fingerprint density at radius 2 is 2.24 bits per heavy atom. The number of halogens is 1. The molecule has 6 nitrogen and oxygen atoms in total. The normalized spacial score (nSPS) is 12.1. The maximum Gasteiger partial charge on any atom is 0.255 e. The van der Waals surface area contributed by atoms with Crippen molar-refractivity contribution in [1.29, 1.82) is 0 Å². The molecule has 0 atom stereocenters. The number of anilines is 1. The van der Waals surface area contributed by atoms with E-state index in [1.54, 1.807) is 10.6 Å². The molecule has 2 aromatic heterocycles. The third-order valence-electron chi connectivity index (χ3n) is 2.84. The summed E-state index contributed by atoms with van der Waals surface area (Å²) in [6, 6.07) is 1.70. The van der Waals surface area contributed by atoms with Gasteiger partial charge >= 0.3 is 0 Å². The van der Waals surface area contributed by atoms with Crippen LogP contribution in [-0.4, -0.2) is 43.9 Å². The van der Waals surface area contributed by atoms with Crippen molar-refractivity contribution in [2.45, 2.75) is 19.4 Å². The van der Waals surface area contributed by atoms with E-state index >= 15 is 0 Å². The van der Waals surface area contributed by atoms with E-state index in [2.05, 4.69) is 15.1 Å². The molecule has 0 radical (unpaired) electrons. The highest BCUT2D eigenvalue weighted by atomic mass is 35.5. The van der Waals surface area contributed by atoms with Gasteiger partial charge in [-0.05, 0) is 13.8 Å². The summed E-state index contributed by atoms with van der Waals surface area (Å²) in [4.78, 5) is 9.94. The van der Waals surface area contributed by atoms with Crippen molar-refractivity contribution in [2.24, 2.45) is 0 Å². The highest BCUT2D eigenvalue weighted by molar-refractivity contribution is 6.29. The zero-order valence-electron chi connectivity index (χ0n) is 9.92. The van der Waals surface area contributed by atoms with Crippen molar-refractivity contribution < 1.29 is 5.11 Å². The maximum absolute atomic E-state index is 9.38. The van der Waals surface area contributed by atoms with Gasteiger partial charge in [-0.3, -0.25) is 0 Å². The molecule has 0 saturated carbocycles. The van der Waals surface area contributed by atoms with Crippen LogP contribution >= 0.6 is 11.6 Å². The molecule has 2 rings (SSSR count). The van der Waals surface area contributed by atoms with Gasteiger partial charge in [0.1, 0.15) is 17.3 Å². The van der Waals surface area contributed by atoms with Crippen molar-refractivity contribution in [3.63, 3.8) is 0 Å². The topological polar surface area (TPSA) is 66.6 Å². The van der Waals surface area contributed by atoms with E-state index in [-0.39, 0.29) is 6.61 Å². The fourth-order valence-electron chi connectivity index (χ4n) is 1.42. The van der Waals surface area contributed by atoms with Gasteiger partial charge in [0, 0.05) is 13.1 Å². The lowest BCUT2D eigenvalue weighted by molar-refractivity contribution is 0.215. The fraction of sp³-hybridized carbons (Fsp3) is 0.500. The Kier molecular flexibility index (Phi) is 2.92. The second kappa shape index (κ2) is 4.12. The van der Waals surface area contributed by atoms with Gasteiger partial charge in [-0.25, -0.2) is 0 Å². The van der Waals surface area contributed by atoms with Gasteiger partial charge < -0.3 is 10.0 Å². The number of aliphatic hydroxyl groups is 1. The fourth-order valence-corrected chi connectivity index (χ4v) is 1.60. The summed E-state index contributed by atoms with van der Waals surface area (Å²) in [6.45, 7) is 3.85. The van der Waals surface area contributed by atoms with E-state index in [0.717, 1.165) is 5.82 Å². The zero-order valence-corrected chi connectivity index (χ0v) is 10.7. The third-order valence-corrected chi connectivity index (χ3v) is 3.03. The molecule has 0 aliphatic carbocycles. The van der Waals surface area contributed by atoms with Gasteiger partial charge in [-0.2, -0.15) is 19.6 Å². The molecule has 0 aliphatic rings. The summed E-state index contributed by atoms with van der Waals surface area (Å²) in [7, 11) is 1.86. The van der Waals surface area contributed by atoms with Crippen molar-refractivity contribution in [1.82, 2.24) is 19.6 Å². The number of likely N-dealkylation sites (N-methyl/N-ethyl adjacent to an activating group) is 1. The molecule has 92 valence electrons. The number of rotatable bonds is 3. The molecule has 0 aromatic carbocycles. The average molecular weight is 256 g/mol. The first kappa shape index (κ1) is 12.1. The second-order valence-electron chi connectivity index (χ2n) is 4.44. The van der Waals surface area contributed by atoms with Gasteiger partial charge in [0.25, 0.3) is 5.78 Å². The van der Waals surface area contributed by atoms with Crippen LogP contribution < -0.4 is 4.90 Å². The Labute approximate surface area is 104 Å². The Hall–Kier alpha value is -1.40. The summed E-state index contributed by atoms with van der Waals surface area (Å²) < 4.78 is 1.59. The van der Waals surface area contributed by atoms with Crippen LogP contribution in [0.3, 0.4) is 0 Å². The molecular weight excluding hydrogens is 242 g/mol. The van der Waals surface area contributed by atoms with Crippen LogP contribution in [0.4, 0.5) is 5.82 Å². The summed E-state index contributed by atoms with van der Waals surface area (Å²) >= 11 is 5.94. The standard InChI is InChI=1S/C10H14ClN5O/c1-10(2,5-17)15(3)8-4-7(11)14-9-12-6-13-16(8)9/h4,6,17H,5H2,1-3H3. The molecule has 0 saturated heterocycles. The molecule has 17 heavy (non-hydrogen) atoms. The van der Waals surface area contributed by atoms with E-state index in [0.29, 0.717) is 10.9 Å². The maximum atomic E-state index is 9.38. The molecule has 7 heteroatoms. The number of hydrogen-bond donors (Lipinski definition) is 1. The Bertz CT molecular complexity index is 538. The average Bonchev–Trinajstić information content (AvgIpc) is 2.74. The first-order chi connectivity index (χ1) is 7.95. The Morgan fingerprint density at radius 3 is 2.88 bits per heavy atom. The van der Waals surface area contributed by atoms with Gasteiger partial charge in [-0.1, -0.05) is 11.6 Å². The van der Waals surface area contributed by atoms with Crippen molar-refractivity contribution >= 4 is 23.2 Å². The van der Waals surface area contributed by atoms with Crippen molar-refractivity contribution in [3.05, 3.63) is 17.5 Å². The molecule has 0 aliphatic heterocycles. The van der Waals surface area contributed by atoms with E-state index in [1.165, 1.54) is 6.33 Å². The van der Waals surface area contributed by atoms with Gasteiger partial charge in [-0.15, -0.1) is 0 Å². The van der Waals surface area contributed by atoms with Crippen LogP contribution in [0.1, 0.15) is 13.8 Å². The van der Waals surface area contributed by atoms with E-state index in [9.17, 15) is 5.11 Å². The van der Waals surface area contributed by atoms with Crippen LogP contribution in [0.25, 0.3) is 5.78 Å². The minimum Gasteiger partial charge on any atom is -0.394 e. The smallest absolute Gasteiger partial charge is 0.255 e. The number of fused-ring (bicyclic) bond motifs is 1. The molecule has 0 unspecified atom stereocenters.